The van der Waals surface area contributed by atoms with E-state index in [1.165, 1.54) is 0 Å². The normalized spacial score (nSPS) is 17.1. The first-order valence-electron chi connectivity index (χ1n) is 6.33. The Morgan fingerprint density at radius 3 is 3.11 bits per heavy atom. The molecule has 0 aliphatic carbocycles. The molecule has 0 radical (unpaired) electrons. The number of pyridine rings is 1. The molecule has 0 fully saturated rings. The van der Waals surface area contributed by atoms with Gasteiger partial charge in [0.2, 0.25) is 0 Å². The van der Waals surface area contributed by atoms with Gasteiger partial charge in [-0.15, -0.1) is 0 Å². The number of fused-ring (bicyclic) bond motifs is 2. The average Bonchev–Trinajstić information content (AvgIpc) is 2.56. The SMILES string of the molecule is CNC[C@H]1Cc2cc(Cl)ccc2Oc2cccnc21. The van der Waals surface area contributed by atoms with Crippen LogP contribution in [0.25, 0.3) is 0 Å². The maximum atomic E-state index is 6.08. The van der Waals surface area contributed by atoms with Crippen molar-refractivity contribution in [3.63, 3.8) is 0 Å². The summed E-state index contributed by atoms with van der Waals surface area (Å²) in [6.07, 6.45) is 2.69. The van der Waals surface area contributed by atoms with Crippen molar-refractivity contribution >= 4 is 11.6 Å². The van der Waals surface area contributed by atoms with E-state index in [0.29, 0.717) is 5.92 Å². The molecule has 3 nitrogen and oxygen atoms in total. The molecule has 4 heteroatoms. The highest BCUT2D eigenvalue weighted by Crippen LogP contribution is 2.38. The van der Waals surface area contributed by atoms with E-state index in [-0.39, 0.29) is 0 Å². The fourth-order valence-electron chi connectivity index (χ4n) is 2.50. The van der Waals surface area contributed by atoms with Crippen molar-refractivity contribution in [3.8, 4) is 11.5 Å². The number of nitrogens with zero attached hydrogens (tertiary/aromatic N) is 1. The van der Waals surface area contributed by atoms with Crippen LogP contribution >= 0.6 is 11.6 Å². The minimum absolute atomic E-state index is 0.293. The lowest BCUT2D eigenvalue weighted by molar-refractivity contribution is 0.474. The van der Waals surface area contributed by atoms with Gasteiger partial charge in [0.25, 0.3) is 0 Å². The van der Waals surface area contributed by atoms with E-state index < -0.39 is 0 Å². The van der Waals surface area contributed by atoms with E-state index in [1.54, 1.807) is 0 Å². The number of aromatic nitrogens is 1. The van der Waals surface area contributed by atoms with Gasteiger partial charge in [0.15, 0.2) is 0 Å². The number of benzene rings is 1. The summed E-state index contributed by atoms with van der Waals surface area (Å²) in [6.45, 7) is 0.860. The number of ether oxygens (including phenoxy) is 1. The summed E-state index contributed by atoms with van der Waals surface area (Å²) in [5.74, 6) is 2.00. The minimum Gasteiger partial charge on any atom is -0.455 e. The predicted molar refractivity (Wildman–Crippen MR) is 76.1 cm³/mol. The molecule has 1 N–H and O–H groups in total. The number of nitrogens with one attached hydrogen (secondary N) is 1. The van der Waals surface area contributed by atoms with Crippen LogP contribution in [0, 0.1) is 0 Å². The molecule has 2 aromatic rings. The Kier molecular flexibility index (Phi) is 3.40. The molecule has 1 aromatic heterocycles. The lowest BCUT2D eigenvalue weighted by atomic mass is 9.95. The van der Waals surface area contributed by atoms with Crippen molar-refractivity contribution in [2.75, 3.05) is 13.6 Å². The number of hydrogen-bond acceptors (Lipinski definition) is 3. The summed E-state index contributed by atoms with van der Waals surface area (Å²) >= 11 is 6.08. The summed E-state index contributed by atoms with van der Waals surface area (Å²) in [5.41, 5.74) is 2.13. The predicted octanol–water partition coefficient (Wildman–Crippen LogP) is 3.39. The second kappa shape index (κ2) is 5.19. The van der Waals surface area contributed by atoms with E-state index in [9.17, 15) is 0 Å². The molecule has 2 heterocycles. The van der Waals surface area contributed by atoms with Crippen LogP contribution in [0.3, 0.4) is 0 Å². The van der Waals surface area contributed by atoms with E-state index in [2.05, 4.69) is 10.3 Å². The molecule has 0 saturated carbocycles. The molecule has 0 bridgehead atoms. The Labute approximate surface area is 117 Å². The lowest BCUT2D eigenvalue weighted by Gasteiger charge is -2.14. The summed E-state index contributed by atoms with van der Waals surface area (Å²) in [4.78, 5) is 4.49. The Hall–Kier alpha value is -1.58. The molecule has 1 atom stereocenters. The zero-order valence-electron chi connectivity index (χ0n) is 10.7. The molecule has 0 spiro atoms. The summed E-state index contributed by atoms with van der Waals surface area (Å²) in [6, 6.07) is 9.63. The van der Waals surface area contributed by atoms with Gasteiger partial charge in [0.05, 0.1) is 5.69 Å². The topological polar surface area (TPSA) is 34.1 Å². The molecule has 0 saturated heterocycles. The maximum Gasteiger partial charge on any atom is 0.149 e. The van der Waals surface area contributed by atoms with Crippen LogP contribution in [-0.2, 0) is 6.42 Å². The van der Waals surface area contributed by atoms with Crippen molar-refractivity contribution < 1.29 is 4.74 Å². The minimum atomic E-state index is 0.293. The van der Waals surface area contributed by atoms with Crippen molar-refractivity contribution in [1.82, 2.24) is 10.3 Å². The van der Waals surface area contributed by atoms with Crippen molar-refractivity contribution in [2.24, 2.45) is 0 Å². The van der Waals surface area contributed by atoms with Crippen LogP contribution in [0.5, 0.6) is 11.5 Å². The quantitative estimate of drug-likeness (QED) is 0.911. The Bertz CT molecular complexity index is 600. The first-order valence-corrected chi connectivity index (χ1v) is 6.71. The molecular formula is C15H15ClN2O. The third-order valence-electron chi connectivity index (χ3n) is 3.35. The fraction of sp³-hybridized carbons (Fsp3) is 0.267. The number of hydrogen-bond donors (Lipinski definition) is 1. The van der Waals surface area contributed by atoms with Gasteiger partial charge < -0.3 is 10.1 Å². The van der Waals surface area contributed by atoms with E-state index >= 15 is 0 Å². The molecule has 98 valence electrons. The highest BCUT2D eigenvalue weighted by atomic mass is 35.5. The smallest absolute Gasteiger partial charge is 0.149 e. The first-order chi connectivity index (χ1) is 9.28. The summed E-state index contributed by atoms with van der Waals surface area (Å²) in [7, 11) is 1.95. The molecular weight excluding hydrogens is 260 g/mol. The van der Waals surface area contributed by atoms with Crippen LogP contribution in [0.2, 0.25) is 5.02 Å². The molecule has 1 aliphatic heterocycles. The largest absolute Gasteiger partial charge is 0.455 e. The average molecular weight is 275 g/mol. The monoisotopic (exact) mass is 274 g/mol. The standard InChI is InChI=1S/C15H15ClN2O/c1-17-9-11-7-10-8-12(16)4-5-13(10)19-14-3-2-6-18-15(11)14/h2-6,8,11,17H,7,9H2,1H3/t11-/m1/s1. The third kappa shape index (κ3) is 2.44. The van der Waals surface area contributed by atoms with Crippen molar-refractivity contribution in [1.29, 1.82) is 0 Å². The summed E-state index contributed by atoms with van der Waals surface area (Å²) in [5, 5.41) is 3.96. The first kappa shape index (κ1) is 12.5. The number of rotatable bonds is 2. The number of halogens is 1. The molecule has 19 heavy (non-hydrogen) atoms. The zero-order chi connectivity index (χ0) is 13.2. The van der Waals surface area contributed by atoms with Gasteiger partial charge in [-0.25, -0.2) is 0 Å². The zero-order valence-corrected chi connectivity index (χ0v) is 11.4. The highest BCUT2D eigenvalue weighted by Gasteiger charge is 2.24. The summed E-state index contributed by atoms with van der Waals surface area (Å²) < 4.78 is 5.99. The number of likely N-dealkylation sites (N-methyl/N-ethyl adjacent to an activating group) is 1. The maximum absolute atomic E-state index is 6.08. The van der Waals surface area contributed by atoms with E-state index in [4.69, 9.17) is 16.3 Å². The van der Waals surface area contributed by atoms with Gasteiger partial charge in [0.1, 0.15) is 11.5 Å². The van der Waals surface area contributed by atoms with Crippen LogP contribution in [0.4, 0.5) is 0 Å². The van der Waals surface area contributed by atoms with Crippen LogP contribution in [0.15, 0.2) is 36.5 Å². The van der Waals surface area contributed by atoms with Gasteiger partial charge in [-0.3, -0.25) is 4.98 Å². The van der Waals surface area contributed by atoms with Gasteiger partial charge in [-0.2, -0.15) is 0 Å². The van der Waals surface area contributed by atoms with Crippen molar-refractivity contribution in [2.45, 2.75) is 12.3 Å². The third-order valence-corrected chi connectivity index (χ3v) is 3.58. The molecule has 0 amide bonds. The van der Waals surface area contributed by atoms with Gasteiger partial charge in [0, 0.05) is 23.7 Å². The Morgan fingerprint density at radius 1 is 1.37 bits per heavy atom. The molecule has 3 rings (SSSR count). The van der Waals surface area contributed by atoms with Crippen LogP contribution in [-0.4, -0.2) is 18.6 Å². The Balaban J connectivity index is 2.09. The van der Waals surface area contributed by atoms with E-state index in [0.717, 1.165) is 40.7 Å². The molecule has 0 unspecified atom stereocenters. The Morgan fingerprint density at radius 2 is 2.26 bits per heavy atom. The highest BCUT2D eigenvalue weighted by molar-refractivity contribution is 6.30. The van der Waals surface area contributed by atoms with Crippen LogP contribution < -0.4 is 10.1 Å². The van der Waals surface area contributed by atoms with Crippen molar-refractivity contribution in [3.05, 3.63) is 52.8 Å². The second-order valence-corrected chi connectivity index (χ2v) is 5.14. The second-order valence-electron chi connectivity index (χ2n) is 4.70. The van der Waals surface area contributed by atoms with Crippen LogP contribution in [0.1, 0.15) is 17.2 Å². The van der Waals surface area contributed by atoms with Gasteiger partial charge in [-0.1, -0.05) is 11.6 Å². The van der Waals surface area contributed by atoms with Gasteiger partial charge in [-0.05, 0) is 49.4 Å². The molecule has 1 aromatic carbocycles. The fourth-order valence-corrected chi connectivity index (χ4v) is 2.69. The van der Waals surface area contributed by atoms with E-state index in [1.807, 2.05) is 43.6 Å². The van der Waals surface area contributed by atoms with Gasteiger partial charge >= 0.3 is 0 Å². The lowest BCUT2D eigenvalue weighted by Crippen LogP contribution is -2.19. The molecule has 1 aliphatic rings.